The van der Waals surface area contributed by atoms with Crippen molar-refractivity contribution >= 4 is 11.6 Å². The highest BCUT2D eigenvalue weighted by molar-refractivity contribution is 5.85. The number of nitrogens with one attached hydrogen (secondary N) is 2. The average molecular weight is 276 g/mol. The molecule has 4 heteroatoms. The molecule has 2 N–H and O–H groups in total. The molecule has 1 saturated carbocycles. The molecule has 1 aliphatic rings. The van der Waals surface area contributed by atoms with E-state index < -0.39 is 0 Å². The fourth-order valence-electron chi connectivity index (χ4n) is 2.64. The summed E-state index contributed by atoms with van der Waals surface area (Å²) >= 11 is 0. The van der Waals surface area contributed by atoms with Crippen LogP contribution in [0.15, 0.2) is 24.3 Å². The van der Waals surface area contributed by atoms with Crippen LogP contribution in [0.4, 0.5) is 5.69 Å². The number of carbonyl (C=O) groups excluding carboxylic acids is 1. The normalized spacial score (nSPS) is 17.3. The first-order chi connectivity index (χ1) is 9.70. The van der Waals surface area contributed by atoms with Gasteiger partial charge in [0, 0.05) is 6.04 Å². The summed E-state index contributed by atoms with van der Waals surface area (Å²) in [6.45, 7) is 1.88. The van der Waals surface area contributed by atoms with Crippen molar-refractivity contribution < 1.29 is 9.53 Å². The van der Waals surface area contributed by atoms with Gasteiger partial charge in [0.15, 0.2) is 0 Å². The Kier molecular flexibility index (Phi) is 5.27. The summed E-state index contributed by atoms with van der Waals surface area (Å²) in [4.78, 5) is 12.2. The molecule has 0 saturated heterocycles. The largest absolute Gasteiger partial charge is 0.495 e. The van der Waals surface area contributed by atoms with E-state index in [0.717, 1.165) is 24.3 Å². The number of para-hydroxylation sites is 2. The van der Waals surface area contributed by atoms with E-state index in [2.05, 4.69) is 10.6 Å². The van der Waals surface area contributed by atoms with Gasteiger partial charge in [-0.25, -0.2) is 0 Å². The zero-order valence-electron chi connectivity index (χ0n) is 12.3. The van der Waals surface area contributed by atoms with Crippen molar-refractivity contribution in [2.24, 2.45) is 0 Å². The number of amides is 1. The predicted octanol–water partition coefficient (Wildman–Crippen LogP) is 2.94. The smallest absolute Gasteiger partial charge is 0.242 e. The SMILES string of the molecule is COc1ccccc1N[C@@H](C)C(=O)NC1CCCCC1. The molecular weight excluding hydrogens is 252 g/mol. The Morgan fingerprint density at radius 3 is 2.65 bits per heavy atom. The quantitative estimate of drug-likeness (QED) is 0.869. The lowest BCUT2D eigenvalue weighted by Crippen LogP contribution is -2.44. The van der Waals surface area contributed by atoms with Crippen molar-refractivity contribution in [2.75, 3.05) is 12.4 Å². The van der Waals surface area contributed by atoms with Gasteiger partial charge in [-0.3, -0.25) is 4.79 Å². The number of ether oxygens (including phenoxy) is 1. The van der Waals surface area contributed by atoms with E-state index in [0.29, 0.717) is 6.04 Å². The van der Waals surface area contributed by atoms with Gasteiger partial charge in [-0.2, -0.15) is 0 Å². The van der Waals surface area contributed by atoms with Gasteiger partial charge in [-0.15, -0.1) is 0 Å². The Morgan fingerprint density at radius 1 is 1.25 bits per heavy atom. The molecule has 1 fully saturated rings. The third-order valence-corrected chi connectivity index (χ3v) is 3.82. The Balaban J connectivity index is 1.89. The van der Waals surface area contributed by atoms with Crippen LogP contribution in [-0.4, -0.2) is 25.1 Å². The lowest BCUT2D eigenvalue weighted by Gasteiger charge is -2.25. The predicted molar refractivity (Wildman–Crippen MR) is 81.1 cm³/mol. The van der Waals surface area contributed by atoms with Crippen LogP contribution in [0.25, 0.3) is 0 Å². The molecule has 0 aliphatic heterocycles. The highest BCUT2D eigenvalue weighted by atomic mass is 16.5. The number of carbonyl (C=O) groups is 1. The Hall–Kier alpha value is -1.71. The number of methoxy groups -OCH3 is 1. The van der Waals surface area contributed by atoms with E-state index in [1.807, 2.05) is 31.2 Å². The van der Waals surface area contributed by atoms with Crippen LogP contribution in [0.5, 0.6) is 5.75 Å². The van der Waals surface area contributed by atoms with Gasteiger partial charge in [0.1, 0.15) is 11.8 Å². The lowest BCUT2D eigenvalue weighted by molar-refractivity contribution is -0.122. The van der Waals surface area contributed by atoms with Crippen LogP contribution >= 0.6 is 0 Å². The number of rotatable bonds is 5. The maximum Gasteiger partial charge on any atom is 0.242 e. The van der Waals surface area contributed by atoms with Crippen molar-refractivity contribution in [3.05, 3.63) is 24.3 Å². The van der Waals surface area contributed by atoms with Gasteiger partial charge >= 0.3 is 0 Å². The Bertz CT molecular complexity index is 442. The number of hydrogen-bond acceptors (Lipinski definition) is 3. The van der Waals surface area contributed by atoms with Crippen LogP contribution in [0.2, 0.25) is 0 Å². The number of benzene rings is 1. The first kappa shape index (κ1) is 14.7. The van der Waals surface area contributed by atoms with Gasteiger partial charge in [-0.1, -0.05) is 31.4 Å². The van der Waals surface area contributed by atoms with Crippen LogP contribution in [0.1, 0.15) is 39.0 Å². The molecule has 20 heavy (non-hydrogen) atoms. The molecule has 0 aromatic heterocycles. The van der Waals surface area contributed by atoms with Gasteiger partial charge in [0.25, 0.3) is 0 Å². The van der Waals surface area contributed by atoms with Gasteiger partial charge in [0.2, 0.25) is 5.91 Å². The molecule has 110 valence electrons. The fraction of sp³-hybridized carbons (Fsp3) is 0.562. The summed E-state index contributed by atoms with van der Waals surface area (Å²) in [7, 11) is 1.63. The molecule has 1 aromatic carbocycles. The Morgan fingerprint density at radius 2 is 1.95 bits per heavy atom. The molecule has 4 nitrogen and oxygen atoms in total. The van der Waals surface area contributed by atoms with Gasteiger partial charge in [-0.05, 0) is 31.9 Å². The van der Waals surface area contributed by atoms with E-state index >= 15 is 0 Å². The standard InChI is InChI=1S/C16H24N2O2/c1-12(16(19)18-13-8-4-3-5-9-13)17-14-10-6-7-11-15(14)20-2/h6-7,10-13,17H,3-5,8-9H2,1-2H3,(H,18,19)/t12-/m0/s1. The van der Waals surface area contributed by atoms with Crippen LogP contribution in [-0.2, 0) is 4.79 Å². The highest BCUT2D eigenvalue weighted by Gasteiger charge is 2.20. The van der Waals surface area contributed by atoms with Crippen LogP contribution in [0.3, 0.4) is 0 Å². The Labute approximate surface area is 120 Å². The average Bonchev–Trinajstić information content (AvgIpc) is 2.48. The van der Waals surface area contributed by atoms with E-state index in [9.17, 15) is 4.79 Å². The minimum absolute atomic E-state index is 0.0582. The lowest BCUT2D eigenvalue weighted by atomic mass is 9.95. The van der Waals surface area contributed by atoms with Crippen LogP contribution in [0, 0.1) is 0 Å². The first-order valence-electron chi connectivity index (χ1n) is 7.40. The third-order valence-electron chi connectivity index (χ3n) is 3.82. The summed E-state index contributed by atoms with van der Waals surface area (Å²) in [5.41, 5.74) is 0.848. The molecule has 1 aliphatic carbocycles. The van der Waals surface area contributed by atoms with Crippen molar-refractivity contribution in [3.8, 4) is 5.75 Å². The summed E-state index contributed by atoms with van der Waals surface area (Å²) in [5, 5.41) is 6.35. The summed E-state index contributed by atoms with van der Waals surface area (Å²) < 4.78 is 5.28. The van der Waals surface area contributed by atoms with Crippen molar-refractivity contribution in [3.63, 3.8) is 0 Å². The summed E-state index contributed by atoms with van der Waals surface area (Å²) in [6.07, 6.45) is 5.94. The number of hydrogen-bond donors (Lipinski definition) is 2. The zero-order chi connectivity index (χ0) is 14.4. The second kappa shape index (κ2) is 7.17. The van der Waals surface area contributed by atoms with Gasteiger partial charge < -0.3 is 15.4 Å². The molecule has 2 rings (SSSR count). The topological polar surface area (TPSA) is 50.4 Å². The maximum absolute atomic E-state index is 12.2. The molecule has 0 unspecified atom stereocenters. The van der Waals surface area contributed by atoms with E-state index in [-0.39, 0.29) is 11.9 Å². The minimum Gasteiger partial charge on any atom is -0.495 e. The molecule has 1 atom stereocenters. The fourth-order valence-corrected chi connectivity index (χ4v) is 2.64. The molecular formula is C16H24N2O2. The molecule has 0 spiro atoms. The monoisotopic (exact) mass is 276 g/mol. The molecule has 1 amide bonds. The van der Waals surface area contributed by atoms with Gasteiger partial charge in [0.05, 0.1) is 12.8 Å². The van der Waals surface area contributed by atoms with E-state index in [1.54, 1.807) is 7.11 Å². The second-order valence-electron chi connectivity index (χ2n) is 5.41. The zero-order valence-corrected chi connectivity index (χ0v) is 12.3. The van der Waals surface area contributed by atoms with Crippen LogP contribution < -0.4 is 15.4 Å². The van der Waals surface area contributed by atoms with E-state index in [4.69, 9.17) is 4.74 Å². The van der Waals surface area contributed by atoms with E-state index in [1.165, 1.54) is 19.3 Å². The molecule has 0 bridgehead atoms. The number of anilines is 1. The van der Waals surface area contributed by atoms with Crippen molar-refractivity contribution in [1.82, 2.24) is 5.32 Å². The third kappa shape index (κ3) is 3.89. The first-order valence-corrected chi connectivity index (χ1v) is 7.40. The molecule has 0 radical (unpaired) electrons. The van der Waals surface area contributed by atoms with Crippen molar-refractivity contribution in [2.45, 2.75) is 51.1 Å². The second-order valence-corrected chi connectivity index (χ2v) is 5.41. The highest BCUT2D eigenvalue weighted by Crippen LogP contribution is 2.24. The molecule has 0 heterocycles. The summed E-state index contributed by atoms with van der Waals surface area (Å²) in [6, 6.07) is 7.72. The van der Waals surface area contributed by atoms with Crippen molar-refractivity contribution in [1.29, 1.82) is 0 Å². The molecule has 1 aromatic rings. The minimum atomic E-state index is -0.270. The summed E-state index contributed by atoms with van der Waals surface area (Å²) in [5.74, 6) is 0.813. The maximum atomic E-state index is 12.2.